The monoisotopic (exact) mass is 320 g/mol. The lowest BCUT2D eigenvalue weighted by Gasteiger charge is -2.10. The summed E-state index contributed by atoms with van der Waals surface area (Å²) in [5.74, 6) is 0.692. The molecule has 1 aromatic carbocycles. The highest BCUT2D eigenvalue weighted by Gasteiger charge is 2.12. The molecule has 0 unspecified atom stereocenters. The minimum absolute atomic E-state index is 0.0144. The predicted molar refractivity (Wildman–Crippen MR) is 77.7 cm³/mol. The van der Waals surface area contributed by atoms with E-state index < -0.39 is 0 Å². The summed E-state index contributed by atoms with van der Waals surface area (Å²) < 4.78 is 3.22. The number of hydrogen-bond donors (Lipinski definition) is 0. The van der Waals surface area contributed by atoms with Crippen LogP contribution in [0.15, 0.2) is 45.0 Å². The van der Waals surface area contributed by atoms with E-state index in [2.05, 4.69) is 20.9 Å². The van der Waals surface area contributed by atoms with E-state index in [9.17, 15) is 4.79 Å². The molecule has 2 aromatic heterocycles. The largest absolute Gasteiger partial charge is 0.276 e. The standard InChI is InChI=1S/C13H9BrN2OS/c1-8-15-10-6-7-18-12(10)13(17)16(8)11-5-3-2-4-9(11)14/h2-7H,1H3. The lowest BCUT2D eigenvalue weighted by Crippen LogP contribution is -2.21. The molecule has 5 heteroatoms. The fourth-order valence-corrected chi connectivity index (χ4v) is 3.16. The van der Waals surface area contributed by atoms with E-state index in [1.54, 1.807) is 4.57 Å². The van der Waals surface area contributed by atoms with Crippen LogP contribution in [0, 0.1) is 6.92 Å². The van der Waals surface area contributed by atoms with Crippen LogP contribution < -0.4 is 5.56 Å². The second-order valence-corrected chi connectivity index (χ2v) is 5.66. The normalized spacial score (nSPS) is 11.0. The van der Waals surface area contributed by atoms with Crippen LogP contribution in [0.25, 0.3) is 15.9 Å². The first-order chi connectivity index (χ1) is 8.68. The van der Waals surface area contributed by atoms with Gasteiger partial charge in [0.15, 0.2) is 0 Å². The van der Waals surface area contributed by atoms with E-state index in [0.29, 0.717) is 10.5 Å². The van der Waals surface area contributed by atoms with Crippen molar-refractivity contribution in [3.63, 3.8) is 0 Å². The highest BCUT2D eigenvalue weighted by atomic mass is 79.9. The van der Waals surface area contributed by atoms with Crippen LogP contribution in [0.4, 0.5) is 0 Å². The summed E-state index contributed by atoms with van der Waals surface area (Å²) in [6, 6.07) is 9.52. The van der Waals surface area contributed by atoms with Gasteiger partial charge in [-0.25, -0.2) is 4.98 Å². The van der Waals surface area contributed by atoms with Gasteiger partial charge in [-0.2, -0.15) is 0 Å². The minimum Gasteiger partial charge on any atom is -0.267 e. The fourth-order valence-electron chi connectivity index (χ4n) is 1.94. The highest BCUT2D eigenvalue weighted by Crippen LogP contribution is 2.22. The number of benzene rings is 1. The van der Waals surface area contributed by atoms with Crippen LogP contribution >= 0.6 is 27.3 Å². The van der Waals surface area contributed by atoms with Gasteiger partial charge in [0.1, 0.15) is 10.5 Å². The van der Waals surface area contributed by atoms with Gasteiger partial charge in [0.05, 0.1) is 11.2 Å². The Morgan fingerprint density at radius 2 is 2.06 bits per heavy atom. The van der Waals surface area contributed by atoms with Crippen LogP contribution in [0.3, 0.4) is 0 Å². The Morgan fingerprint density at radius 3 is 2.83 bits per heavy atom. The number of rotatable bonds is 1. The molecule has 2 heterocycles. The Hall–Kier alpha value is -1.46. The third-order valence-electron chi connectivity index (χ3n) is 2.74. The average Bonchev–Trinajstić information content (AvgIpc) is 2.79. The molecule has 0 aliphatic heterocycles. The molecule has 0 amide bonds. The van der Waals surface area contributed by atoms with Crippen LogP contribution in [-0.4, -0.2) is 9.55 Å². The van der Waals surface area contributed by atoms with Crippen molar-refractivity contribution in [3.05, 3.63) is 56.4 Å². The third-order valence-corrected chi connectivity index (χ3v) is 4.30. The number of para-hydroxylation sites is 1. The first-order valence-corrected chi connectivity index (χ1v) is 7.07. The van der Waals surface area contributed by atoms with Crippen molar-refractivity contribution in [1.29, 1.82) is 0 Å². The molecule has 3 nitrogen and oxygen atoms in total. The number of aromatic nitrogens is 2. The topological polar surface area (TPSA) is 34.9 Å². The Morgan fingerprint density at radius 1 is 1.28 bits per heavy atom. The van der Waals surface area contributed by atoms with E-state index >= 15 is 0 Å². The molecule has 0 aliphatic rings. The first kappa shape index (κ1) is 11.6. The Balaban J connectivity index is 2.43. The zero-order valence-corrected chi connectivity index (χ0v) is 12.0. The van der Waals surface area contributed by atoms with Crippen LogP contribution in [0.2, 0.25) is 0 Å². The molecule has 0 radical (unpaired) electrons. The zero-order chi connectivity index (χ0) is 12.7. The predicted octanol–water partition coefficient (Wildman–Crippen LogP) is 3.52. The summed E-state index contributed by atoms with van der Waals surface area (Å²) in [6.07, 6.45) is 0. The van der Waals surface area contributed by atoms with E-state index in [1.165, 1.54) is 11.3 Å². The maximum absolute atomic E-state index is 12.5. The molecule has 0 aliphatic carbocycles. The van der Waals surface area contributed by atoms with Crippen molar-refractivity contribution in [2.24, 2.45) is 0 Å². The molecule has 0 N–H and O–H groups in total. The summed E-state index contributed by atoms with van der Waals surface area (Å²) >= 11 is 4.90. The van der Waals surface area contributed by atoms with Crippen molar-refractivity contribution < 1.29 is 0 Å². The molecule has 3 aromatic rings. The second kappa shape index (κ2) is 4.33. The SMILES string of the molecule is Cc1nc2ccsc2c(=O)n1-c1ccccc1Br. The molecule has 0 bridgehead atoms. The van der Waals surface area contributed by atoms with Gasteiger partial charge in [0.2, 0.25) is 0 Å². The van der Waals surface area contributed by atoms with Crippen molar-refractivity contribution in [2.45, 2.75) is 6.92 Å². The van der Waals surface area contributed by atoms with Gasteiger partial charge in [-0.15, -0.1) is 11.3 Å². The quantitative estimate of drug-likeness (QED) is 0.687. The Kier molecular flexibility index (Phi) is 2.80. The maximum Gasteiger partial charge on any atom is 0.276 e. The molecule has 18 heavy (non-hydrogen) atoms. The molecule has 0 saturated heterocycles. The van der Waals surface area contributed by atoms with Gasteiger partial charge < -0.3 is 0 Å². The van der Waals surface area contributed by atoms with E-state index in [0.717, 1.165) is 15.7 Å². The number of halogens is 1. The van der Waals surface area contributed by atoms with Crippen LogP contribution in [0.1, 0.15) is 5.82 Å². The summed E-state index contributed by atoms with van der Waals surface area (Å²) in [7, 11) is 0. The Labute approximate surface area is 116 Å². The summed E-state index contributed by atoms with van der Waals surface area (Å²) in [4.78, 5) is 16.9. The van der Waals surface area contributed by atoms with E-state index in [-0.39, 0.29) is 5.56 Å². The van der Waals surface area contributed by atoms with Gasteiger partial charge in [-0.3, -0.25) is 9.36 Å². The number of hydrogen-bond acceptors (Lipinski definition) is 3. The Bertz CT molecular complexity index is 791. The van der Waals surface area contributed by atoms with Crippen molar-refractivity contribution >= 4 is 37.5 Å². The third kappa shape index (κ3) is 1.71. The molecule has 0 spiro atoms. The van der Waals surface area contributed by atoms with Gasteiger partial charge in [0.25, 0.3) is 5.56 Å². The molecule has 0 saturated carbocycles. The van der Waals surface area contributed by atoms with Crippen LogP contribution in [0.5, 0.6) is 0 Å². The molecular weight excluding hydrogens is 312 g/mol. The summed E-state index contributed by atoms with van der Waals surface area (Å²) in [5, 5.41) is 1.89. The molecule has 90 valence electrons. The number of aryl methyl sites for hydroxylation is 1. The van der Waals surface area contributed by atoms with Crippen molar-refractivity contribution in [3.8, 4) is 5.69 Å². The minimum atomic E-state index is -0.0144. The first-order valence-electron chi connectivity index (χ1n) is 5.40. The average molecular weight is 321 g/mol. The molecule has 0 fully saturated rings. The molecular formula is C13H9BrN2OS. The smallest absolute Gasteiger partial charge is 0.267 e. The van der Waals surface area contributed by atoms with E-state index in [4.69, 9.17) is 0 Å². The fraction of sp³-hybridized carbons (Fsp3) is 0.0769. The lowest BCUT2D eigenvalue weighted by molar-refractivity contribution is 0.894. The summed E-state index contributed by atoms with van der Waals surface area (Å²) in [5.41, 5.74) is 1.58. The molecule has 3 rings (SSSR count). The second-order valence-electron chi connectivity index (χ2n) is 3.89. The number of nitrogens with zero attached hydrogens (tertiary/aromatic N) is 2. The number of thiophene rings is 1. The summed E-state index contributed by atoms with van der Waals surface area (Å²) in [6.45, 7) is 1.85. The van der Waals surface area contributed by atoms with Crippen molar-refractivity contribution in [2.75, 3.05) is 0 Å². The van der Waals surface area contributed by atoms with Gasteiger partial charge >= 0.3 is 0 Å². The number of fused-ring (bicyclic) bond motifs is 1. The van der Waals surface area contributed by atoms with E-state index in [1.807, 2.05) is 42.6 Å². The van der Waals surface area contributed by atoms with Crippen LogP contribution in [-0.2, 0) is 0 Å². The lowest BCUT2D eigenvalue weighted by atomic mass is 10.3. The van der Waals surface area contributed by atoms with Gasteiger partial charge in [-0.1, -0.05) is 12.1 Å². The molecule has 0 atom stereocenters. The maximum atomic E-state index is 12.5. The van der Waals surface area contributed by atoms with Crippen molar-refractivity contribution in [1.82, 2.24) is 9.55 Å². The van der Waals surface area contributed by atoms with Gasteiger partial charge in [0, 0.05) is 4.47 Å². The highest BCUT2D eigenvalue weighted by molar-refractivity contribution is 9.10. The zero-order valence-electron chi connectivity index (χ0n) is 9.55. The van der Waals surface area contributed by atoms with Gasteiger partial charge in [-0.05, 0) is 46.4 Å².